The third kappa shape index (κ3) is 3.63. The fraction of sp³-hybridized carbons (Fsp3) is 0.353. The van der Waals surface area contributed by atoms with Crippen LogP contribution >= 0.6 is 0 Å². The molecule has 1 aliphatic carbocycles. The van der Waals surface area contributed by atoms with E-state index in [2.05, 4.69) is 20.5 Å². The molecule has 1 aromatic carbocycles. The van der Waals surface area contributed by atoms with Crippen LogP contribution in [0.3, 0.4) is 0 Å². The topological polar surface area (TPSA) is 109 Å². The lowest BCUT2D eigenvalue weighted by Crippen LogP contribution is -2.47. The minimum Gasteiger partial charge on any atom is -0.504 e. The number of urea groups is 1. The number of carbonyl (C=O) groups is 2. The Hall–Kier alpha value is -2.87. The summed E-state index contributed by atoms with van der Waals surface area (Å²) in [4.78, 5) is 28.9. The van der Waals surface area contributed by atoms with Crippen molar-refractivity contribution in [3.8, 4) is 0 Å². The van der Waals surface area contributed by atoms with Gasteiger partial charge in [0, 0.05) is 12.1 Å². The van der Waals surface area contributed by atoms with Gasteiger partial charge in [0.1, 0.15) is 0 Å². The van der Waals surface area contributed by atoms with Gasteiger partial charge in [-0.05, 0) is 12.0 Å². The lowest BCUT2D eigenvalue weighted by molar-refractivity contribution is -0.115. The zero-order valence-corrected chi connectivity index (χ0v) is 13.6. The molecule has 1 saturated carbocycles. The van der Waals surface area contributed by atoms with Gasteiger partial charge in [-0.2, -0.15) is 0 Å². The van der Waals surface area contributed by atoms with Crippen LogP contribution in [0.25, 0.3) is 0 Å². The van der Waals surface area contributed by atoms with Gasteiger partial charge in [-0.25, -0.2) is 4.79 Å². The fourth-order valence-corrected chi connectivity index (χ4v) is 3.16. The van der Waals surface area contributed by atoms with Gasteiger partial charge in [-0.1, -0.05) is 35.5 Å². The van der Waals surface area contributed by atoms with Crippen LogP contribution in [0.4, 0.5) is 4.79 Å². The van der Waals surface area contributed by atoms with E-state index in [0.29, 0.717) is 12.1 Å². The first-order valence-corrected chi connectivity index (χ1v) is 7.88. The number of methoxy groups -OCH3 is 1. The predicted molar refractivity (Wildman–Crippen MR) is 88.6 cm³/mol. The van der Waals surface area contributed by atoms with Crippen LogP contribution < -0.4 is 10.6 Å². The van der Waals surface area contributed by atoms with Gasteiger partial charge in [-0.15, -0.1) is 0 Å². The highest BCUT2D eigenvalue weighted by Gasteiger charge is 2.51. The van der Waals surface area contributed by atoms with Crippen LogP contribution in [0.2, 0.25) is 0 Å². The van der Waals surface area contributed by atoms with Crippen molar-refractivity contribution in [3.63, 3.8) is 0 Å². The van der Waals surface area contributed by atoms with E-state index in [9.17, 15) is 14.7 Å². The largest absolute Gasteiger partial charge is 0.504 e. The summed E-state index contributed by atoms with van der Waals surface area (Å²) in [5.41, 5.74) is 1.55. The summed E-state index contributed by atoms with van der Waals surface area (Å²) in [6.07, 6.45) is 1.33. The van der Waals surface area contributed by atoms with Gasteiger partial charge >= 0.3 is 6.03 Å². The molecule has 4 atom stereocenters. The monoisotopic (exact) mass is 345 g/mol. The molecule has 0 bridgehead atoms. The minimum atomic E-state index is -0.746. The zero-order valence-electron chi connectivity index (χ0n) is 13.6. The summed E-state index contributed by atoms with van der Waals surface area (Å²) in [5, 5.41) is 19.2. The molecule has 0 unspecified atom stereocenters. The Morgan fingerprint density at radius 3 is 2.84 bits per heavy atom. The second-order valence-corrected chi connectivity index (χ2v) is 5.85. The maximum absolute atomic E-state index is 12.0. The molecule has 0 aromatic heterocycles. The normalized spacial score (nSPS) is 27.4. The average Bonchev–Trinajstić information content (AvgIpc) is 3.16. The second-order valence-electron chi connectivity index (χ2n) is 5.85. The van der Waals surface area contributed by atoms with Crippen LogP contribution in [0.1, 0.15) is 12.0 Å². The molecular weight excluding hydrogens is 326 g/mol. The highest BCUT2D eigenvalue weighted by Crippen LogP contribution is 2.36. The van der Waals surface area contributed by atoms with Crippen molar-refractivity contribution in [2.75, 3.05) is 7.11 Å². The summed E-state index contributed by atoms with van der Waals surface area (Å²) in [6.45, 7) is 0. The molecule has 8 nitrogen and oxygen atoms in total. The van der Waals surface area contributed by atoms with Crippen molar-refractivity contribution in [3.05, 3.63) is 48.2 Å². The van der Waals surface area contributed by atoms with E-state index in [1.807, 2.05) is 30.3 Å². The van der Waals surface area contributed by atoms with Crippen molar-refractivity contribution in [1.82, 2.24) is 10.6 Å². The Morgan fingerprint density at radius 1 is 1.36 bits per heavy atom. The summed E-state index contributed by atoms with van der Waals surface area (Å²) in [6, 6.07) is 8.39. The van der Waals surface area contributed by atoms with E-state index < -0.39 is 30.2 Å². The molecule has 0 spiro atoms. The number of hydrogen-bond acceptors (Lipinski definition) is 6. The van der Waals surface area contributed by atoms with Gasteiger partial charge < -0.3 is 20.0 Å². The van der Waals surface area contributed by atoms with E-state index in [1.54, 1.807) is 0 Å². The molecule has 1 aliphatic heterocycles. The van der Waals surface area contributed by atoms with Crippen molar-refractivity contribution in [1.29, 1.82) is 0 Å². The number of oxime groups is 1. The summed E-state index contributed by atoms with van der Waals surface area (Å²) in [5.74, 6) is -0.887. The Morgan fingerprint density at radius 2 is 2.12 bits per heavy atom. The summed E-state index contributed by atoms with van der Waals surface area (Å²) in [7, 11) is 1.40. The Kier molecular flexibility index (Phi) is 4.99. The van der Waals surface area contributed by atoms with Crippen LogP contribution in [0.5, 0.6) is 0 Å². The molecule has 1 heterocycles. The zero-order chi connectivity index (χ0) is 17.8. The standard InChI is InChI=1S/C17H19N3O5/c1-24-8-7-13(22)19-17(23)18-11-9-12(21)16-14(11)15(20-25-16)10-5-3-2-4-6-10/h2-8,11-12,14,16,21H,9H2,1H3,(H2,18,19,22,23)/b8-7+/t11-,12+,14-,16-/m1/s1. The van der Waals surface area contributed by atoms with Gasteiger partial charge in [0.15, 0.2) is 6.10 Å². The molecule has 1 fully saturated rings. The molecule has 3 amide bonds. The fourth-order valence-electron chi connectivity index (χ4n) is 3.16. The number of imide groups is 1. The first kappa shape index (κ1) is 17.0. The van der Waals surface area contributed by atoms with Crippen LogP contribution in [-0.4, -0.2) is 48.1 Å². The number of benzene rings is 1. The van der Waals surface area contributed by atoms with E-state index in [-0.39, 0.29) is 5.92 Å². The molecule has 2 aliphatic rings. The van der Waals surface area contributed by atoms with Crippen LogP contribution in [0, 0.1) is 5.92 Å². The maximum atomic E-state index is 12.0. The van der Waals surface area contributed by atoms with Crippen molar-refractivity contribution in [2.24, 2.45) is 11.1 Å². The number of aliphatic hydroxyl groups is 1. The van der Waals surface area contributed by atoms with E-state index in [1.165, 1.54) is 13.4 Å². The number of rotatable bonds is 4. The van der Waals surface area contributed by atoms with Gasteiger partial charge in [0.05, 0.1) is 31.1 Å². The number of aliphatic hydroxyl groups excluding tert-OH is 1. The molecule has 3 rings (SSSR count). The summed E-state index contributed by atoms with van der Waals surface area (Å²) >= 11 is 0. The van der Waals surface area contributed by atoms with Crippen molar-refractivity contribution in [2.45, 2.75) is 24.7 Å². The lowest BCUT2D eigenvalue weighted by atomic mass is 9.91. The second kappa shape index (κ2) is 7.35. The molecule has 25 heavy (non-hydrogen) atoms. The summed E-state index contributed by atoms with van der Waals surface area (Å²) < 4.78 is 4.62. The lowest BCUT2D eigenvalue weighted by Gasteiger charge is -2.19. The van der Waals surface area contributed by atoms with E-state index >= 15 is 0 Å². The smallest absolute Gasteiger partial charge is 0.321 e. The molecule has 8 heteroatoms. The Bertz CT molecular complexity index is 703. The first-order valence-electron chi connectivity index (χ1n) is 7.88. The van der Waals surface area contributed by atoms with Crippen molar-refractivity contribution < 1.29 is 24.3 Å². The quantitative estimate of drug-likeness (QED) is 0.545. The van der Waals surface area contributed by atoms with Crippen molar-refractivity contribution >= 4 is 17.6 Å². The SMILES string of the molecule is CO/C=C/C(=O)NC(=O)N[C@@H]1C[C@H](O)[C@H]2ON=C(c3ccccc3)[C@H]21. The first-order chi connectivity index (χ1) is 12.1. The van der Waals surface area contributed by atoms with Gasteiger partial charge in [-0.3, -0.25) is 10.1 Å². The Balaban J connectivity index is 1.69. The van der Waals surface area contributed by atoms with E-state index in [4.69, 9.17) is 4.84 Å². The molecule has 132 valence electrons. The number of hydrogen-bond donors (Lipinski definition) is 3. The highest BCUT2D eigenvalue weighted by molar-refractivity contribution is 6.04. The number of nitrogens with one attached hydrogen (secondary N) is 2. The average molecular weight is 345 g/mol. The van der Waals surface area contributed by atoms with E-state index in [0.717, 1.165) is 11.6 Å². The molecule has 0 radical (unpaired) electrons. The number of fused-ring (bicyclic) bond motifs is 1. The number of amides is 3. The third-order valence-corrected chi connectivity index (χ3v) is 4.23. The molecular formula is C17H19N3O5. The minimum absolute atomic E-state index is 0.284. The number of nitrogens with zero attached hydrogens (tertiary/aromatic N) is 1. The van der Waals surface area contributed by atoms with Crippen LogP contribution in [-0.2, 0) is 14.4 Å². The third-order valence-electron chi connectivity index (χ3n) is 4.23. The van der Waals surface area contributed by atoms with Gasteiger partial charge in [0.2, 0.25) is 0 Å². The molecule has 3 N–H and O–H groups in total. The molecule has 1 aromatic rings. The number of carbonyl (C=O) groups excluding carboxylic acids is 2. The van der Waals surface area contributed by atoms with Crippen LogP contribution in [0.15, 0.2) is 47.8 Å². The van der Waals surface area contributed by atoms with Gasteiger partial charge in [0.25, 0.3) is 5.91 Å². The highest BCUT2D eigenvalue weighted by atomic mass is 16.7. The molecule has 0 saturated heterocycles. The maximum Gasteiger partial charge on any atom is 0.321 e. The Labute approximate surface area is 144 Å². The number of ether oxygens (including phenoxy) is 1. The predicted octanol–water partition coefficient (Wildman–Crippen LogP) is 0.525.